The summed E-state index contributed by atoms with van der Waals surface area (Å²) >= 11 is 1.53. The van der Waals surface area contributed by atoms with Crippen LogP contribution in [0.1, 0.15) is 15.9 Å². The Morgan fingerprint density at radius 2 is 2.16 bits per heavy atom. The predicted octanol–water partition coefficient (Wildman–Crippen LogP) is 2.00. The molecule has 3 rings (SSSR count). The number of aromatic carboxylic acids is 1. The van der Waals surface area contributed by atoms with Crippen molar-refractivity contribution in [3.05, 3.63) is 34.7 Å². The lowest BCUT2D eigenvalue weighted by molar-refractivity contribution is 0.0699. The number of rotatable bonds is 3. The average Bonchev–Trinajstić information content (AvgIpc) is 2.83. The van der Waals surface area contributed by atoms with Crippen molar-refractivity contribution >= 4 is 27.4 Å². The number of piperazine rings is 1. The average molecular weight is 276 g/mol. The zero-order chi connectivity index (χ0) is 13.2. The first-order valence-electron chi connectivity index (χ1n) is 6.41. The van der Waals surface area contributed by atoms with Gasteiger partial charge < -0.3 is 10.4 Å². The quantitative estimate of drug-likeness (QED) is 0.900. The highest BCUT2D eigenvalue weighted by molar-refractivity contribution is 7.17. The lowest BCUT2D eigenvalue weighted by atomic mass is 10.1. The third-order valence-corrected chi connectivity index (χ3v) is 4.59. The fourth-order valence-corrected chi connectivity index (χ4v) is 3.58. The summed E-state index contributed by atoms with van der Waals surface area (Å²) < 4.78 is 0.889. The van der Waals surface area contributed by atoms with Crippen LogP contribution in [-0.2, 0) is 6.54 Å². The summed E-state index contributed by atoms with van der Waals surface area (Å²) in [6.45, 7) is 5.07. The van der Waals surface area contributed by atoms with Gasteiger partial charge in [-0.3, -0.25) is 4.90 Å². The Balaban J connectivity index is 1.92. The van der Waals surface area contributed by atoms with Crippen molar-refractivity contribution in [1.82, 2.24) is 10.2 Å². The van der Waals surface area contributed by atoms with Crippen LogP contribution in [0.25, 0.3) is 10.1 Å². The maximum Gasteiger partial charge on any atom is 0.337 e. The van der Waals surface area contributed by atoms with Crippen LogP contribution < -0.4 is 5.32 Å². The molecule has 1 aromatic heterocycles. The Kier molecular flexibility index (Phi) is 3.50. The molecule has 5 heteroatoms. The van der Waals surface area contributed by atoms with Gasteiger partial charge in [-0.2, -0.15) is 0 Å². The summed E-state index contributed by atoms with van der Waals surface area (Å²) in [5.41, 5.74) is 1.65. The van der Waals surface area contributed by atoms with Crippen LogP contribution in [0.15, 0.2) is 23.6 Å². The van der Waals surface area contributed by atoms with Crippen LogP contribution in [0.5, 0.6) is 0 Å². The Morgan fingerprint density at radius 1 is 1.37 bits per heavy atom. The summed E-state index contributed by atoms with van der Waals surface area (Å²) in [6, 6.07) is 5.53. The van der Waals surface area contributed by atoms with E-state index in [9.17, 15) is 9.90 Å². The van der Waals surface area contributed by atoms with Crippen LogP contribution in [0, 0.1) is 0 Å². The SMILES string of the molecule is O=C(O)c1cccc2c(CN3CCNCC3)csc12. The van der Waals surface area contributed by atoms with Gasteiger partial charge in [-0.1, -0.05) is 12.1 Å². The molecule has 1 aliphatic rings. The fourth-order valence-electron chi connectivity index (χ4n) is 2.51. The lowest BCUT2D eigenvalue weighted by Gasteiger charge is -2.26. The number of thiophene rings is 1. The summed E-state index contributed by atoms with van der Waals surface area (Å²) in [7, 11) is 0. The van der Waals surface area contributed by atoms with Crippen molar-refractivity contribution in [3.8, 4) is 0 Å². The van der Waals surface area contributed by atoms with Crippen molar-refractivity contribution in [1.29, 1.82) is 0 Å². The Morgan fingerprint density at radius 3 is 2.89 bits per heavy atom. The number of benzene rings is 1. The first-order chi connectivity index (χ1) is 9.25. The highest BCUT2D eigenvalue weighted by Gasteiger charge is 2.15. The second-order valence-corrected chi connectivity index (χ2v) is 5.65. The lowest BCUT2D eigenvalue weighted by Crippen LogP contribution is -2.42. The molecule has 1 aromatic carbocycles. The molecule has 0 bridgehead atoms. The van der Waals surface area contributed by atoms with Crippen molar-refractivity contribution in [2.45, 2.75) is 6.54 Å². The molecule has 0 aliphatic carbocycles. The molecule has 2 heterocycles. The molecule has 19 heavy (non-hydrogen) atoms. The van der Waals surface area contributed by atoms with Gasteiger partial charge in [0, 0.05) is 37.4 Å². The van der Waals surface area contributed by atoms with Gasteiger partial charge in [-0.05, 0) is 22.4 Å². The van der Waals surface area contributed by atoms with Gasteiger partial charge in [0.25, 0.3) is 0 Å². The molecule has 0 atom stereocenters. The predicted molar refractivity (Wildman–Crippen MR) is 76.9 cm³/mol. The van der Waals surface area contributed by atoms with Crippen LogP contribution in [0.4, 0.5) is 0 Å². The molecule has 0 radical (unpaired) electrons. The van der Waals surface area contributed by atoms with E-state index in [0.717, 1.165) is 42.8 Å². The van der Waals surface area contributed by atoms with E-state index in [-0.39, 0.29) is 0 Å². The first kappa shape index (κ1) is 12.6. The molecule has 2 aromatic rings. The highest BCUT2D eigenvalue weighted by Crippen LogP contribution is 2.30. The van der Waals surface area contributed by atoms with Gasteiger partial charge in [0.05, 0.1) is 5.56 Å². The fraction of sp³-hybridized carbons (Fsp3) is 0.357. The molecule has 1 fully saturated rings. The van der Waals surface area contributed by atoms with E-state index in [2.05, 4.69) is 15.6 Å². The number of carboxylic acids is 1. The molecule has 0 saturated carbocycles. The number of nitrogens with zero attached hydrogens (tertiary/aromatic N) is 1. The van der Waals surface area contributed by atoms with E-state index in [1.54, 1.807) is 6.07 Å². The molecular weight excluding hydrogens is 260 g/mol. The molecule has 2 N–H and O–H groups in total. The summed E-state index contributed by atoms with van der Waals surface area (Å²) in [4.78, 5) is 13.6. The highest BCUT2D eigenvalue weighted by atomic mass is 32.1. The molecule has 0 spiro atoms. The van der Waals surface area contributed by atoms with Crippen molar-refractivity contribution < 1.29 is 9.90 Å². The Labute approximate surface area is 115 Å². The van der Waals surface area contributed by atoms with E-state index in [0.29, 0.717) is 5.56 Å². The van der Waals surface area contributed by atoms with Gasteiger partial charge in [-0.15, -0.1) is 11.3 Å². The van der Waals surface area contributed by atoms with Gasteiger partial charge in [0.2, 0.25) is 0 Å². The Bertz CT molecular complexity index is 603. The second kappa shape index (κ2) is 5.28. The maximum absolute atomic E-state index is 11.2. The molecule has 1 aliphatic heterocycles. The monoisotopic (exact) mass is 276 g/mol. The standard InChI is InChI=1S/C14H16N2O2S/c17-14(18)12-3-1-2-11-10(9-19-13(11)12)8-16-6-4-15-5-7-16/h1-3,9,15H,4-8H2,(H,17,18). The molecule has 0 unspecified atom stereocenters. The zero-order valence-electron chi connectivity index (χ0n) is 10.6. The Hall–Kier alpha value is -1.43. The van der Waals surface area contributed by atoms with Crippen LogP contribution in [0.3, 0.4) is 0 Å². The van der Waals surface area contributed by atoms with E-state index < -0.39 is 5.97 Å². The first-order valence-corrected chi connectivity index (χ1v) is 7.29. The molecule has 100 valence electrons. The molecule has 0 amide bonds. The topological polar surface area (TPSA) is 52.6 Å². The third-order valence-electron chi connectivity index (χ3n) is 3.51. The van der Waals surface area contributed by atoms with Crippen molar-refractivity contribution in [2.24, 2.45) is 0 Å². The largest absolute Gasteiger partial charge is 0.478 e. The van der Waals surface area contributed by atoms with Gasteiger partial charge in [0.1, 0.15) is 0 Å². The number of carbonyl (C=O) groups is 1. The number of nitrogens with one attached hydrogen (secondary N) is 1. The van der Waals surface area contributed by atoms with Crippen LogP contribution in [0.2, 0.25) is 0 Å². The smallest absolute Gasteiger partial charge is 0.337 e. The van der Waals surface area contributed by atoms with Crippen molar-refractivity contribution in [2.75, 3.05) is 26.2 Å². The maximum atomic E-state index is 11.2. The summed E-state index contributed by atoms with van der Waals surface area (Å²) in [6.07, 6.45) is 0. The van der Waals surface area contributed by atoms with Crippen LogP contribution in [-0.4, -0.2) is 42.2 Å². The van der Waals surface area contributed by atoms with Crippen LogP contribution >= 0.6 is 11.3 Å². The normalized spacial score (nSPS) is 16.8. The van der Waals surface area contributed by atoms with E-state index in [4.69, 9.17) is 0 Å². The van der Waals surface area contributed by atoms with Crippen molar-refractivity contribution in [3.63, 3.8) is 0 Å². The summed E-state index contributed by atoms with van der Waals surface area (Å²) in [5, 5.41) is 15.7. The molecule has 1 saturated heterocycles. The molecule has 4 nitrogen and oxygen atoms in total. The third kappa shape index (κ3) is 2.49. The van der Waals surface area contributed by atoms with E-state index in [1.807, 2.05) is 12.1 Å². The number of fused-ring (bicyclic) bond motifs is 1. The minimum absolute atomic E-state index is 0.411. The van der Waals surface area contributed by atoms with Gasteiger partial charge >= 0.3 is 5.97 Å². The van der Waals surface area contributed by atoms with E-state index in [1.165, 1.54) is 16.9 Å². The zero-order valence-corrected chi connectivity index (χ0v) is 11.4. The van der Waals surface area contributed by atoms with E-state index >= 15 is 0 Å². The molecular formula is C14H16N2O2S. The number of hydrogen-bond donors (Lipinski definition) is 2. The second-order valence-electron chi connectivity index (χ2n) is 4.77. The van der Waals surface area contributed by atoms with Gasteiger partial charge in [-0.25, -0.2) is 4.79 Å². The minimum Gasteiger partial charge on any atom is -0.478 e. The minimum atomic E-state index is -0.846. The number of hydrogen-bond acceptors (Lipinski definition) is 4. The number of carboxylic acid groups (broad SMARTS) is 1. The van der Waals surface area contributed by atoms with Gasteiger partial charge in [0.15, 0.2) is 0 Å². The summed E-state index contributed by atoms with van der Waals surface area (Å²) in [5.74, 6) is -0.846.